The fourth-order valence-corrected chi connectivity index (χ4v) is 8.53. The van der Waals surface area contributed by atoms with E-state index < -0.39 is 144 Å². The fraction of sp³-hybridized carbons (Fsp3) is 0.0200. The average Bonchev–Trinajstić information content (AvgIpc) is 3.41. The van der Waals surface area contributed by atoms with Crippen LogP contribution in [0.4, 0.5) is 87.8 Å². The van der Waals surface area contributed by atoms with Crippen LogP contribution in [-0.2, 0) is 6.54 Å². The maximum Gasteiger partial charge on any atom is 0.285 e. The van der Waals surface area contributed by atoms with Gasteiger partial charge in [0.15, 0.2) is 76.0 Å². The number of ether oxygens (including phenoxy) is 1. The zero-order chi connectivity index (χ0) is 54.7. The number of ketones is 1. The quantitative estimate of drug-likeness (QED) is 0.0275. The number of halogens is 20. The van der Waals surface area contributed by atoms with Crippen molar-refractivity contribution in [3.63, 3.8) is 0 Å². The van der Waals surface area contributed by atoms with Crippen molar-refractivity contribution in [3.8, 4) is 11.6 Å². The van der Waals surface area contributed by atoms with Crippen molar-refractivity contribution in [1.29, 1.82) is 0 Å². The highest BCUT2D eigenvalue weighted by Gasteiger charge is 2.52. The van der Waals surface area contributed by atoms with E-state index in [-0.39, 0.29) is 12.3 Å². The number of rotatable bonds is 9. The Kier molecular flexibility index (Phi) is 14.1. The highest BCUT2D eigenvalue weighted by atomic mass is 19.2. The molecule has 9 rings (SSSR count). The zero-order valence-corrected chi connectivity index (χ0v) is 36.4. The van der Waals surface area contributed by atoms with Gasteiger partial charge < -0.3 is 4.74 Å². The third kappa shape index (κ3) is 8.57. The van der Waals surface area contributed by atoms with Gasteiger partial charge in [0.25, 0.3) is 5.88 Å². The summed E-state index contributed by atoms with van der Waals surface area (Å²) in [6.45, 7) is 0.224. The summed E-state index contributed by atoms with van der Waals surface area (Å²) in [5.41, 5.74) is -13.6. The van der Waals surface area contributed by atoms with Crippen molar-refractivity contribution < 1.29 is 102 Å². The largest absolute Gasteiger partial charge is 0.434 e. The molecule has 0 aliphatic carbocycles. The minimum absolute atomic E-state index is 0.0360. The van der Waals surface area contributed by atoms with E-state index in [9.17, 15) is 57.5 Å². The number of Topliss-reactive ketones (excluding diaryl/α,β-unsaturated/α-hetero) is 1. The second-order valence-electron chi connectivity index (χ2n) is 15.9. The smallest absolute Gasteiger partial charge is 0.285 e. The summed E-state index contributed by atoms with van der Waals surface area (Å²) in [6.07, 6.45) is -2.04. The summed E-state index contributed by atoms with van der Waals surface area (Å²) < 4.78 is 302. The molecular weight excluding hydrogens is 1050 g/mol. The molecule has 0 fully saturated rings. The highest BCUT2D eigenvalue weighted by Crippen LogP contribution is 2.36. The third-order valence-electron chi connectivity index (χ3n) is 11.8. The number of carbonyl (C=O) groups excluding carboxylic acids is 1. The summed E-state index contributed by atoms with van der Waals surface area (Å²) >= 11 is 0. The van der Waals surface area contributed by atoms with Crippen LogP contribution in [0.25, 0.3) is 21.5 Å². The Balaban J connectivity index is 0.000000215. The number of hydrogen-bond donors (Lipinski definition) is 0. The topological polar surface area (TPSA) is 43.1 Å². The van der Waals surface area contributed by atoms with Crippen LogP contribution in [0.15, 0.2) is 104 Å². The number of hydrogen-bond acceptors (Lipinski definition) is 3. The van der Waals surface area contributed by atoms with Crippen LogP contribution in [-0.4, -0.2) is 16.9 Å². The van der Waals surface area contributed by atoms with Gasteiger partial charge in [-0.3, -0.25) is 4.79 Å². The first-order valence-electron chi connectivity index (χ1n) is 20.7. The Hall–Kier alpha value is -8.51. The fourth-order valence-electron chi connectivity index (χ4n) is 8.53. The molecule has 0 spiro atoms. The van der Waals surface area contributed by atoms with Crippen molar-refractivity contribution in [2.75, 3.05) is 0 Å². The first-order chi connectivity index (χ1) is 35.5. The molecule has 384 valence electrons. The molecule has 0 aliphatic rings. The number of nitrogens with zero attached hydrogens (tertiary/aromatic N) is 2. The summed E-state index contributed by atoms with van der Waals surface area (Å²) in [5.74, 6) is -70.2. The van der Waals surface area contributed by atoms with Gasteiger partial charge in [-0.2, -0.15) is 4.57 Å². The minimum Gasteiger partial charge on any atom is -0.434 e. The molecule has 75 heavy (non-hydrogen) atoms. The number of carbonyl (C=O) groups is 1. The molecule has 25 heteroatoms. The van der Waals surface area contributed by atoms with E-state index >= 15 is 35.1 Å². The number of benzene rings is 8. The summed E-state index contributed by atoms with van der Waals surface area (Å²) in [5, 5.41) is 4.45. The monoisotopic (exact) mass is 1070 g/mol. The first-order valence-corrected chi connectivity index (χ1v) is 20.7. The van der Waals surface area contributed by atoms with Crippen molar-refractivity contribution in [2.24, 2.45) is 0 Å². The Labute approximate surface area is 405 Å². The van der Waals surface area contributed by atoms with Crippen LogP contribution in [0.1, 0.15) is 10.4 Å². The van der Waals surface area contributed by atoms with E-state index in [0.29, 0.717) is 11.4 Å². The van der Waals surface area contributed by atoms with Crippen molar-refractivity contribution >= 4 is 55.3 Å². The van der Waals surface area contributed by atoms with Crippen LogP contribution in [0, 0.1) is 116 Å². The third-order valence-corrected chi connectivity index (χ3v) is 11.8. The first kappa shape index (κ1) is 52.8. The van der Waals surface area contributed by atoms with Gasteiger partial charge in [-0.1, -0.05) is 78.9 Å². The Morgan fingerprint density at radius 2 is 0.747 bits per heavy atom. The normalized spacial score (nSPS) is 11.6. The maximum atomic E-state index is 15.4. The van der Waals surface area contributed by atoms with Crippen molar-refractivity contribution in [3.05, 3.63) is 225 Å². The lowest BCUT2D eigenvalue weighted by atomic mass is 9.12. The predicted molar refractivity (Wildman–Crippen MR) is 226 cm³/mol. The second-order valence-corrected chi connectivity index (χ2v) is 15.9. The van der Waals surface area contributed by atoms with Gasteiger partial charge in [-0.05, 0) is 22.2 Å². The SMILES string of the molecule is Fc1c(F)c(F)c([B-](c2c(F)c(F)c(F)c(F)c2F)(c2c(F)c(F)c(F)c(F)c2F)c2c(F)c(F)c(F)c(F)c2F)c(F)c1F.O=C(C[n+]1ccnc(Oc2cc3ccccc3c3ccccc23)c1)c1ccccc1. The zero-order valence-electron chi connectivity index (χ0n) is 36.4. The molecule has 0 N–H and O–H groups in total. The molecule has 0 saturated heterocycles. The van der Waals surface area contributed by atoms with Gasteiger partial charge in [-0.25, -0.2) is 92.8 Å². The maximum absolute atomic E-state index is 15.4. The molecule has 4 nitrogen and oxygen atoms in total. The molecule has 0 atom stereocenters. The van der Waals surface area contributed by atoms with Crippen molar-refractivity contribution in [2.45, 2.75) is 6.54 Å². The van der Waals surface area contributed by atoms with Crippen LogP contribution >= 0.6 is 0 Å². The van der Waals surface area contributed by atoms with E-state index in [2.05, 4.69) is 23.2 Å². The van der Waals surface area contributed by atoms with Crippen LogP contribution < -0.4 is 31.2 Å². The van der Waals surface area contributed by atoms with Crippen molar-refractivity contribution in [1.82, 2.24) is 4.98 Å². The number of fused-ring (bicyclic) bond motifs is 3. The second kappa shape index (κ2) is 20.1. The number of aromatic nitrogens is 2. The molecule has 9 aromatic rings. The van der Waals surface area contributed by atoms with E-state index in [1.807, 2.05) is 66.7 Å². The van der Waals surface area contributed by atoms with Gasteiger partial charge >= 0.3 is 0 Å². The molecule has 0 bridgehead atoms. The Morgan fingerprint density at radius 1 is 0.413 bits per heavy atom. The van der Waals surface area contributed by atoms with Gasteiger partial charge in [-0.15, -0.1) is 21.9 Å². The Morgan fingerprint density at radius 3 is 1.15 bits per heavy atom. The van der Waals surface area contributed by atoms with Gasteiger partial charge in [0.1, 0.15) is 58.4 Å². The molecule has 0 saturated carbocycles. The summed E-state index contributed by atoms with van der Waals surface area (Å²) in [7, 11) is 0. The average molecular weight is 1070 g/mol. The lowest BCUT2D eigenvalue weighted by molar-refractivity contribution is -0.683. The standard InChI is InChI=1S/C26H19N2O2.C24BF20/c29-24(19-8-2-1-3-9-19)17-28-15-14-27-26(18-28)30-25-16-20-10-4-5-11-21(20)22-12-6-7-13-23(22)25;26-5-1(6(27)14(35)21(42)13(5)34)25(2-7(28)15(36)22(43)16(37)8(2)29,3-9(30)17(38)23(44)18(39)10(3)31)4-11(32)19(40)24(45)20(41)12(4)33/h1-16,18H,17H2;/q+1;-1. The lowest BCUT2D eigenvalue weighted by Gasteiger charge is -2.44. The molecular formula is C50H19BF20N2O2. The molecule has 1 heterocycles. The van der Waals surface area contributed by atoms with E-state index in [1.54, 1.807) is 23.2 Å². The van der Waals surface area contributed by atoms with Crippen LogP contribution in [0.5, 0.6) is 11.6 Å². The van der Waals surface area contributed by atoms with Gasteiger partial charge in [0.2, 0.25) is 18.5 Å². The Bertz CT molecular complexity index is 3440. The van der Waals surface area contributed by atoms with E-state index in [4.69, 9.17) is 4.74 Å². The summed E-state index contributed by atoms with van der Waals surface area (Å²) in [6, 6.07) is 27.7. The minimum atomic E-state index is -7.22. The van der Waals surface area contributed by atoms with Crippen LogP contribution in [0.2, 0.25) is 0 Å². The molecule has 0 radical (unpaired) electrons. The van der Waals surface area contributed by atoms with E-state index in [0.717, 1.165) is 21.9 Å². The molecule has 8 aromatic carbocycles. The summed E-state index contributed by atoms with van der Waals surface area (Å²) in [4.78, 5) is 16.9. The van der Waals surface area contributed by atoms with Crippen LogP contribution in [0.3, 0.4) is 0 Å². The molecule has 0 unspecified atom stereocenters. The molecule has 1 aromatic heterocycles. The molecule has 0 amide bonds. The lowest BCUT2D eigenvalue weighted by Crippen LogP contribution is -2.81. The molecule has 0 aliphatic heterocycles. The van der Waals surface area contributed by atoms with Gasteiger partial charge in [0, 0.05) is 10.9 Å². The van der Waals surface area contributed by atoms with E-state index in [1.165, 1.54) is 5.39 Å². The highest BCUT2D eigenvalue weighted by molar-refractivity contribution is 7.20. The van der Waals surface area contributed by atoms with Gasteiger partial charge in [0.05, 0.1) is 6.20 Å². The predicted octanol–water partition coefficient (Wildman–Crippen LogP) is 11.2.